The number of nitrogens with one attached hydrogen (secondary N) is 1. The van der Waals surface area contributed by atoms with E-state index in [-0.39, 0.29) is 12.4 Å². The number of rotatable bonds is 6. The summed E-state index contributed by atoms with van der Waals surface area (Å²) in [4.78, 5) is 10.3. The van der Waals surface area contributed by atoms with E-state index < -0.39 is 6.09 Å². The van der Waals surface area contributed by atoms with Crippen LogP contribution in [0.1, 0.15) is 5.56 Å². The zero-order valence-electron chi connectivity index (χ0n) is 9.90. The van der Waals surface area contributed by atoms with E-state index in [2.05, 4.69) is 10.1 Å². The molecular formula is C11H15ClN2O4. The predicted molar refractivity (Wildman–Crippen MR) is 66.9 cm³/mol. The lowest BCUT2D eigenvalue weighted by Crippen LogP contribution is -2.23. The highest BCUT2D eigenvalue weighted by atomic mass is 35.5. The molecule has 0 saturated carbocycles. The Hall–Kier alpha value is -1.66. The van der Waals surface area contributed by atoms with Gasteiger partial charge in [0.05, 0.1) is 7.11 Å². The number of halogens is 1. The minimum atomic E-state index is -0.816. The molecule has 0 spiro atoms. The summed E-state index contributed by atoms with van der Waals surface area (Å²) >= 11 is 5.88. The minimum Gasteiger partial charge on any atom is -0.504 e. The average molecular weight is 275 g/mol. The van der Waals surface area contributed by atoms with E-state index in [4.69, 9.17) is 22.1 Å². The Balaban J connectivity index is 2.51. The van der Waals surface area contributed by atoms with E-state index in [1.807, 2.05) is 0 Å². The number of primary amides is 1. The largest absolute Gasteiger partial charge is 0.504 e. The van der Waals surface area contributed by atoms with Crippen molar-refractivity contribution in [3.63, 3.8) is 0 Å². The highest BCUT2D eigenvalue weighted by Gasteiger charge is 2.09. The molecular weight excluding hydrogens is 260 g/mol. The van der Waals surface area contributed by atoms with Gasteiger partial charge in [0.25, 0.3) is 0 Å². The van der Waals surface area contributed by atoms with Gasteiger partial charge in [-0.2, -0.15) is 0 Å². The Labute approximate surface area is 110 Å². The van der Waals surface area contributed by atoms with E-state index in [1.54, 1.807) is 6.07 Å². The van der Waals surface area contributed by atoms with Crippen molar-refractivity contribution in [3.05, 3.63) is 22.7 Å². The summed E-state index contributed by atoms with van der Waals surface area (Å²) in [5, 5.41) is 13.3. The van der Waals surface area contributed by atoms with E-state index in [0.717, 1.165) is 0 Å². The Kier molecular flexibility index (Phi) is 5.54. The SMILES string of the molecule is COc1cc(Cl)cc(CNCCOC(N)=O)c1O. The number of amides is 1. The summed E-state index contributed by atoms with van der Waals surface area (Å²) in [6, 6.07) is 3.15. The van der Waals surface area contributed by atoms with Crippen LogP contribution in [-0.4, -0.2) is 31.5 Å². The van der Waals surface area contributed by atoms with Gasteiger partial charge in [-0.3, -0.25) is 0 Å². The first-order chi connectivity index (χ1) is 8.54. The second-order valence-corrected chi connectivity index (χ2v) is 3.90. The normalized spacial score (nSPS) is 10.1. The number of ether oxygens (including phenoxy) is 2. The molecule has 1 aromatic rings. The van der Waals surface area contributed by atoms with Crippen molar-refractivity contribution in [2.24, 2.45) is 5.73 Å². The number of benzene rings is 1. The van der Waals surface area contributed by atoms with Gasteiger partial charge < -0.3 is 25.6 Å². The lowest BCUT2D eigenvalue weighted by Gasteiger charge is -2.10. The van der Waals surface area contributed by atoms with Gasteiger partial charge in [0, 0.05) is 29.7 Å². The van der Waals surface area contributed by atoms with Gasteiger partial charge in [-0.05, 0) is 6.07 Å². The zero-order chi connectivity index (χ0) is 13.5. The summed E-state index contributed by atoms with van der Waals surface area (Å²) in [7, 11) is 1.45. The molecule has 0 saturated heterocycles. The number of phenols is 1. The molecule has 6 nitrogen and oxygen atoms in total. The van der Waals surface area contributed by atoms with Gasteiger partial charge >= 0.3 is 6.09 Å². The smallest absolute Gasteiger partial charge is 0.404 e. The van der Waals surface area contributed by atoms with E-state index in [9.17, 15) is 9.90 Å². The molecule has 0 bridgehead atoms. The maximum Gasteiger partial charge on any atom is 0.404 e. The molecule has 1 rings (SSSR count). The second-order valence-electron chi connectivity index (χ2n) is 3.46. The van der Waals surface area contributed by atoms with Crippen molar-refractivity contribution in [2.75, 3.05) is 20.3 Å². The minimum absolute atomic E-state index is 0.0326. The van der Waals surface area contributed by atoms with Crippen LogP contribution in [-0.2, 0) is 11.3 Å². The number of phenolic OH excluding ortho intramolecular Hbond substituents is 1. The molecule has 0 radical (unpaired) electrons. The van der Waals surface area contributed by atoms with Crippen molar-refractivity contribution in [1.82, 2.24) is 5.32 Å². The second kappa shape index (κ2) is 6.93. The number of methoxy groups -OCH3 is 1. The van der Waals surface area contributed by atoms with E-state index in [0.29, 0.717) is 29.4 Å². The van der Waals surface area contributed by atoms with Gasteiger partial charge in [-0.25, -0.2) is 4.79 Å². The van der Waals surface area contributed by atoms with Crippen molar-refractivity contribution in [2.45, 2.75) is 6.54 Å². The standard InChI is InChI=1S/C11H15ClN2O4/c1-17-9-5-8(12)4-7(10(9)15)6-14-2-3-18-11(13)16/h4-5,14-15H,2-3,6H2,1H3,(H2,13,16). The number of carbonyl (C=O) groups is 1. The lowest BCUT2D eigenvalue weighted by molar-refractivity contribution is 0.157. The highest BCUT2D eigenvalue weighted by Crippen LogP contribution is 2.33. The highest BCUT2D eigenvalue weighted by molar-refractivity contribution is 6.30. The molecule has 0 atom stereocenters. The Morgan fingerprint density at radius 2 is 2.28 bits per heavy atom. The number of hydrogen-bond donors (Lipinski definition) is 3. The van der Waals surface area contributed by atoms with Gasteiger partial charge in [-0.15, -0.1) is 0 Å². The molecule has 100 valence electrons. The van der Waals surface area contributed by atoms with E-state index in [1.165, 1.54) is 13.2 Å². The molecule has 0 aliphatic rings. The average Bonchev–Trinajstić information content (AvgIpc) is 2.32. The third kappa shape index (κ3) is 4.31. The van der Waals surface area contributed by atoms with Gasteiger partial charge in [0.15, 0.2) is 11.5 Å². The fourth-order valence-corrected chi connectivity index (χ4v) is 1.60. The van der Waals surface area contributed by atoms with Crippen LogP contribution < -0.4 is 15.8 Å². The third-order valence-electron chi connectivity index (χ3n) is 2.18. The molecule has 0 aromatic heterocycles. The number of hydrogen-bond acceptors (Lipinski definition) is 5. The third-order valence-corrected chi connectivity index (χ3v) is 2.40. The fourth-order valence-electron chi connectivity index (χ4n) is 1.37. The summed E-state index contributed by atoms with van der Waals surface area (Å²) in [5.74, 6) is 0.345. The first-order valence-electron chi connectivity index (χ1n) is 5.23. The van der Waals surface area contributed by atoms with Crippen molar-refractivity contribution >= 4 is 17.7 Å². The molecule has 1 aromatic carbocycles. The Bertz CT molecular complexity index is 426. The van der Waals surface area contributed by atoms with E-state index >= 15 is 0 Å². The molecule has 0 aliphatic carbocycles. The van der Waals surface area contributed by atoms with Crippen LogP contribution in [0.3, 0.4) is 0 Å². The van der Waals surface area contributed by atoms with Gasteiger partial charge in [0.2, 0.25) is 0 Å². The number of nitrogens with two attached hydrogens (primary N) is 1. The molecule has 0 unspecified atom stereocenters. The van der Waals surface area contributed by atoms with Crippen LogP contribution in [0.15, 0.2) is 12.1 Å². The van der Waals surface area contributed by atoms with Crippen LogP contribution in [0, 0.1) is 0 Å². The molecule has 4 N–H and O–H groups in total. The quantitative estimate of drug-likeness (QED) is 0.679. The zero-order valence-corrected chi connectivity index (χ0v) is 10.7. The van der Waals surface area contributed by atoms with Crippen LogP contribution in [0.4, 0.5) is 4.79 Å². The summed E-state index contributed by atoms with van der Waals surface area (Å²) < 4.78 is 9.52. The predicted octanol–water partition coefficient (Wildman–Crippen LogP) is 1.24. The lowest BCUT2D eigenvalue weighted by atomic mass is 10.2. The molecule has 0 aliphatic heterocycles. The topological polar surface area (TPSA) is 93.8 Å². The van der Waals surface area contributed by atoms with Crippen LogP contribution in [0.2, 0.25) is 5.02 Å². The monoisotopic (exact) mass is 274 g/mol. The van der Waals surface area contributed by atoms with Crippen molar-refractivity contribution < 1.29 is 19.4 Å². The van der Waals surface area contributed by atoms with Gasteiger partial charge in [-0.1, -0.05) is 11.6 Å². The Morgan fingerprint density at radius 3 is 2.89 bits per heavy atom. The summed E-state index contributed by atoms with van der Waals surface area (Å²) in [5.41, 5.74) is 5.40. The van der Waals surface area contributed by atoms with Crippen LogP contribution in [0.25, 0.3) is 0 Å². The molecule has 0 heterocycles. The molecule has 0 fully saturated rings. The molecule has 1 amide bonds. The first-order valence-corrected chi connectivity index (χ1v) is 5.60. The number of aromatic hydroxyl groups is 1. The maximum absolute atomic E-state index is 10.3. The maximum atomic E-state index is 10.3. The number of carbonyl (C=O) groups excluding carboxylic acids is 1. The van der Waals surface area contributed by atoms with Crippen molar-refractivity contribution in [3.8, 4) is 11.5 Å². The summed E-state index contributed by atoms with van der Waals surface area (Å²) in [6.07, 6.45) is -0.816. The molecule has 18 heavy (non-hydrogen) atoms. The summed E-state index contributed by atoms with van der Waals surface area (Å²) in [6.45, 7) is 0.940. The Morgan fingerprint density at radius 1 is 1.56 bits per heavy atom. The van der Waals surface area contributed by atoms with Gasteiger partial charge in [0.1, 0.15) is 6.61 Å². The first kappa shape index (κ1) is 14.4. The molecule has 7 heteroatoms. The van der Waals surface area contributed by atoms with Crippen LogP contribution >= 0.6 is 11.6 Å². The van der Waals surface area contributed by atoms with Crippen molar-refractivity contribution in [1.29, 1.82) is 0 Å². The van der Waals surface area contributed by atoms with Crippen LogP contribution in [0.5, 0.6) is 11.5 Å². The fraction of sp³-hybridized carbons (Fsp3) is 0.364.